The van der Waals surface area contributed by atoms with Gasteiger partial charge < -0.3 is 10.5 Å². The molecular weight excluding hydrogens is 218 g/mol. The van der Waals surface area contributed by atoms with E-state index in [4.69, 9.17) is 5.73 Å². The number of carbonyl (C=O) groups is 1. The van der Waals surface area contributed by atoms with Crippen molar-refractivity contribution >= 4 is 5.97 Å². The molecule has 5 nitrogen and oxygen atoms in total. The molecule has 0 radical (unpaired) electrons. The van der Waals surface area contributed by atoms with E-state index in [-0.39, 0.29) is 5.97 Å². The SMILES string of the molecule is COC(=O)C(C)(N)CCCn1nc(C)cc1C. The molecule has 0 saturated carbocycles. The number of hydrogen-bond donors (Lipinski definition) is 1. The average Bonchev–Trinajstić information content (AvgIpc) is 2.56. The van der Waals surface area contributed by atoms with E-state index >= 15 is 0 Å². The van der Waals surface area contributed by atoms with Gasteiger partial charge in [0, 0.05) is 12.2 Å². The lowest BCUT2D eigenvalue weighted by Gasteiger charge is -2.21. The summed E-state index contributed by atoms with van der Waals surface area (Å²) >= 11 is 0. The van der Waals surface area contributed by atoms with E-state index < -0.39 is 5.54 Å². The predicted molar refractivity (Wildman–Crippen MR) is 65.5 cm³/mol. The van der Waals surface area contributed by atoms with Gasteiger partial charge in [-0.1, -0.05) is 0 Å². The normalized spacial score (nSPS) is 14.4. The van der Waals surface area contributed by atoms with Crippen molar-refractivity contribution in [1.29, 1.82) is 0 Å². The molecule has 1 aromatic rings. The zero-order valence-corrected chi connectivity index (χ0v) is 11.0. The monoisotopic (exact) mass is 239 g/mol. The minimum absolute atomic E-state index is 0.370. The van der Waals surface area contributed by atoms with Crippen LogP contribution in [0.25, 0.3) is 0 Å². The van der Waals surface area contributed by atoms with Crippen LogP contribution in [-0.4, -0.2) is 28.4 Å². The number of nitrogens with two attached hydrogens (primary N) is 1. The summed E-state index contributed by atoms with van der Waals surface area (Å²) in [7, 11) is 1.36. The number of hydrogen-bond acceptors (Lipinski definition) is 4. The van der Waals surface area contributed by atoms with Gasteiger partial charge in [-0.15, -0.1) is 0 Å². The summed E-state index contributed by atoms with van der Waals surface area (Å²) in [5.41, 5.74) is 7.09. The fourth-order valence-electron chi connectivity index (χ4n) is 1.83. The Morgan fingerprint density at radius 3 is 2.71 bits per heavy atom. The highest BCUT2D eigenvalue weighted by Crippen LogP contribution is 2.12. The van der Waals surface area contributed by atoms with Gasteiger partial charge >= 0.3 is 5.97 Å². The molecule has 0 spiro atoms. The Morgan fingerprint density at radius 1 is 1.59 bits per heavy atom. The van der Waals surface area contributed by atoms with Gasteiger partial charge in [-0.25, -0.2) is 0 Å². The zero-order valence-electron chi connectivity index (χ0n) is 11.0. The van der Waals surface area contributed by atoms with Crippen molar-refractivity contribution in [2.75, 3.05) is 7.11 Å². The summed E-state index contributed by atoms with van der Waals surface area (Å²) in [6.07, 6.45) is 1.38. The van der Waals surface area contributed by atoms with Gasteiger partial charge in [-0.3, -0.25) is 9.48 Å². The van der Waals surface area contributed by atoms with Crippen molar-refractivity contribution in [2.24, 2.45) is 5.73 Å². The molecule has 2 N–H and O–H groups in total. The van der Waals surface area contributed by atoms with Crippen LogP contribution in [0.5, 0.6) is 0 Å². The van der Waals surface area contributed by atoms with E-state index in [9.17, 15) is 4.79 Å². The van der Waals surface area contributed by atoms with Gasteiger partial charge in [0.15, 0.2) is 0 Å². The Kier molecular flexibility index (Phi) is 4.28. The number of aromatic nitrogens is 2. The van der Waals surface area contributed by atoms with Crippen LogP contribution in [0.3, 0.4) is 0 Å². The van der Waals surface area contributed by atoms with Gasteiger partial charge in [0.2, 0.25) is 0 Å². The lowest BCUT2D eigenvalue weighted by Crippen LogP contribution is -2.45. The van der Waals surface area contributed by atoms with Crippen LogP contribution in [0.4, 0.5) is 0 Å². The molecule has 0 bridgehead atoms. The van der Waals surface area contributed by atoms with E-state index in [1.54, 1.807) is 6.92 Å². The number of carbonyl (C=O) groups excluding carboxylic acids is 1. The second-order valence-corrected chi connectivity index (χ2v) is 4.66. The molecule has 0 aliphatic carbocycles. The maximum absolute atomic E-state index is 11.4. The molecule has 0 saturated heterocycles. The maximum Gasteiger partial charge on any atom is 0.325 e. The number of nitrogens with zero attached hydrogens (tertiary/aromatic N) is 2. The van der Waals surface area contributed by atoms with Crippen LogP contribution in [0, 0.1) is 13.8 Å². The van der Waals surface area contributed by atoms with Crippen molar-refractivity contribution < 1.29 is 9.53 Å². The highest BCUT2D eigenvalue weighted by molar-refractivity contribution is 5.79. The van der Waals surface area contributed by atoms with E-state index in [1.807, 2.05) is 24.6 Å². The molecule has 0 aromatic carbocycles. The molecule has 17 heavy (non-hydrogen) atoms. The predicted octanol–water partition coefficient (Wildman–Crippen LogP) is 1.17. The fraction of sp³-hybridized carbons (Fsp3) is 0.667. The Hall–Kier alpha value is -1.36. The van der Waals surface area contributed by atoms with Crippen LogP contribution in [0.1, 0.15) is 31.2 Å². The van der Waals surface area contributed by atoms with E-state index in [2.05, 4.69) is 9.84 Å². The highest BCUT2D eigenvalue weighted by Gasteiger charge is 2.28. The van der Waals surface area contributed by atoms with Crippen LogP contribution in [0.15, 0.2) is 6.07 Å². The maximum atomic E-state index is 11.4. The first-order valence-electron chi connectivity index (χ1n) is 5.75. The summed E-state index contributed by atoms with van der Waals surface area (Å²) in [4.78, 5) is 11.4. The molecule has 1 aromatic heterocycles. The highest BCUT2D eigenvalue weighted by atomic mass is 16.5. The molecule has 1 heterocycles. The summed E-state index contributed by atoms with van der Waals surface area (Å²) < 4.78 is 6.59. The van der Waals surface area contributed by atoms with Crippen molar-refractivity contribution in [1.82, 2.24) is 9.78 Å². The van der Waals surface area contributed by atoms with E-state index in [0.29, 0.717) is 6.42 Å². The van der Waals surface area contributed by atoms with Crippen LogP contribution in [0.2, 0.25) is 0 Å². The number of ether oxygens (including phenoxy) is 1. The van der Waals surface area contributed by atoms with Crippen LogP contribution in [-0.2, 0) is 16.1 Å². The number of esters is 1. The number of aryl methyl sites for hydroxylation is 3. The molecule has 96 valence electrons. The minimum Gasteiger partial charge on any atom is -0.468 e. The first-order chi connectivity index (χ1) is 7.86. The quantitative estimate of drug-likeness (QED) is 0.783. The third-order valence-electron chi connectivity index (χ3n) is 2.82. The smallest absolute Gasteiger partial charge is 0.325 e. The minimum atomic E-state index is -0.912. The third-order valence-corrected chi connectivity index (χ3v) is 2.82. The summed E-state index contributed by atoms with van der Waals surface area (Å²) in [5.74, 6) is -0.370. The van der Waals surface area contributed by atoms with Gasteiger partial charge in [0.25, 0.3) is 0 Å². The average molecular weight is 239 g/mol. The van der Waals surface area contributed by atoms with Crippen molar-refractivity contribution in [3.63, 3.8) is 0 Å². The number of methoxy groups -OCH3 is 1. The molecule has 0 amide bonds. The number of rotatable bonds is 5. The first kappa shape index (κ1) is 13.7. The third kappa shape index (κ3) is 3.56. The zero-order chi connectivity index (χ0) is 13.1. The second-order valence-electron chi connectivity index (χ2n) is 4.66. The van der Waals surface area contributed by atoms with Gasteiger partial charge in [0.05, 0.1) is 12.8 Å². The Morgan fingerprint density at radius 2 is 2.24 bits per heavy atom. The second kappa shape index (κ2) is 5.31. The van der Waals surface area contributed by atoms with Crippen molar-refractivity contribution in [2.45, 2.75) is 45.7 Å². The van der Waals surface area contributed by atoms with Crippen LogP contribution >= 0.6 is 0 Å². The van der Waals surface area contributed by atoms with Crippen molar-refractivity contribution in [3.05, 3.63) is 17.5 Å². The molecular formula is C12H21N3O2. The molecule has 0 aliphatic rings. The van der Waals surface area contributed by atoms with Gasteiger partial charge in [-0.05, 0) is 39.7 Å². The molecule has 0 fully saturated rings. The molecule has 5 heteroatoms. The first-order valence-corrected chi connectivity index (χ1v) is 5.75. The lowest BCUT2D eigenvalue weighted by molar-refractivity contribution is -0.146. The van der Waals surface area contributed by atoms with Gasteiger partial charge in [0.1, 0.15) is 5.54 Å². The Bertz CT molecular complexity index is 396. The lowest BCUT2D eigenvalue weighted by atomic mass is 9.97. The molecule has 0 aliphatic heterocycles. The fourth-order valence-corrected chi connectivity index (χ4v) is 1.83. The molecule has 1 unspecified atom stereocenters. The molecule has 1 rings (SSSR count). The Labute approximate surface area is 102 Å². The molecule has 1 atom stereocenters. The summed E-state index contributed by atoms with van der Waals surface area (Å²) in [5, 5.41) is 4.35. The summed E-state index contributed by atoms with van der Waals surface area (Å²) in [6, 6.07) is 2.03. The van der Waals surface area contributed by atoms with Crippen molar-refractivity contribution in [3.8, 4) is 0 Å². The van der Waals surface area contributed by atoms with Crippen LogP contribution < -0.4 is 5.73 Å². The van der Waals surface area contributed by atoms with E-state index in [1.165, 1.54) is 7.11 Å². The van der Waals surface area contributed by atoms with E-state index in [0.717, 1.165) is 24.4 Å². The standard InChI is InChI=1S/C12H21N3O2/c1-9-8-10(2)15(14-9)7-5-6-12(3,13)11(16)17-4/h8H,5-7,13H2,1-4H3. The topological polar surface area (TPSA) is 70.1 Å². The van der Waals surface area contributed by atoms with Gasteiger partial charge in [-0.2, -0.15) is 5.10 Å². The largest absolute Gasteiger partial charge is 0.468 e. The summed E-state index contributed by atoms with van der Waals surface area (Å²) in [6.45, 7) is 6.44. The Balaban J connectivity index is 2.48.